The van der Waals surface area contributed by atoms with Crippen molar-refractivity contribution in [2.24, 2.45) is 0 Å². The van der Waals surface area contributed by atoms with E-state index in [1.54, 1.807) is 6.92 Å². The Balaban J connectivity index is 2.39. The van der Waals surface area contributed by atoms with Gasteiger partial charge in [0.2, 0.25) is 6.29 Å². The average Bonchev–Trinajstić information content (AvgIpc) is 2.51. The van der Waals surface area contributed by atoms with E-state index in [0.29, 0.717) is 12.2 Å². The molecule has 4 nitrogen and oxygen atoms in total. The minimum Gasteiger partial charge on any atom is -0.465 e. The molecule has 0 aromatic heterocycles. The summed E-state index contributed by atoms with van der Waals surface area (Å²) >= 11 is 0. The average molecular weight is 338 g/mol. The van der Waals surface area contributed by atoms with E-state index in [9.17, 15) is 10.2 Å². The quantitative estimate of drug-likeness (QED) is 0.413. The predicted octanol–water partition coefficient (Wildman–Crippen LogP) is 4.42. The van der Waals surface area contributed by atoms with Crippen molar-refractivity contribution in [2.45, 2.75) is 90.8 Å². The van der Waals surface area contributed by atoms with Crippen LogP contribution in [0.4, 0.5) is 0 Å². The molecule has 0 fully saturated rings. The smallest absolute Gasteiger partial charge is 0.204 e. The van der Waals surface area contributed by atoms with Crippen molar-refractivity contribution in [3.05, 3.63) is 29.8 Å². The van der Waals surface area contributed by atoms with Gasteiger partial charge in [-0.3, -0.25) is 0 Å². The predicted molar refractivity (Wildman–Crippen MR) is 97.0 cm³/mol. The van der Waals surface area contributed by atoms with Gasteiger partial charge in [-0.05, 0) is 44.4 Å². The number of benzene rings is 1. The second kappa shape index (κ2) is 12.3. The first-order valence-corrected chi connectivity index (χ1v) is 9.28. The van der Waals surface area contributed by atoms with E-state index in [1.807, 2.05) is 12.1 Å². The highest BCUT2D eigenvalue weighted by Crippen LogP contribution is 2.18. The summed E-state index contributed by atoms with van der Waals surface area (Å²) in [7, 11) is 0. The lowest BCUT2D eigenvalue weighted by molar-refractivity contribution is -0.196. The third kappa shape index (κ3) is 9.91. The highest BCUT2D eigenvalue weighted by Gasteiger charge is 2.16. The van der Waals surface area contributed by atoms with Crippen LogP contribution in [0.1, 0.15) is 71.3 Å². The molecule has 0 heterocycles. The van der Waals surface area contributed by atoms with Gasteiger partial charge in [-0.15, -0.1) is 0 Å². The third-order valence-electron chi connectivity index (χ3n) is 3.89. The fraction of sp³-hybridized carbons (Fsp3) is 0.700. The van der Waals surface area contributed by atoms with E-state index in [2.05, 4.69) is 19.1 Å². The molecule has 2 N–H and O–H groups in total. The van der Waals surface area contributed by atoms with Crippen LogP contribution in [-0.4, -0.2) is 28.9 Å². The first kappa shape index (κ1) is 20.9. The normalized spacial score (nSPS) is 15.0. The largest absolute Gasteiger partial charge is 0.465 e. The zero-order valence-corrected chi connectivity index (χ0v) is 15.4. The Hall–Kier alpha value is -1.10. The van der Waals surface area contributed by atoms with Gasteiger partial charge >= 0.3 is 0 Å². The summed E-state index contributed by atoms with van der Waals surface area (Å²) < 4.78 is 11.0. The molecule has 4 heteroatoms. The van der Waals surface area contributed by atoms with Crippen LogP contribution in [0.2, 0.25) is 0 Å². The van der Waals surface area contributed by atoms with E-state index < -0.39 is 18.7 Å². The zero-order chi connectivity index (χ0) is 17.8. The van der Waals surface area contributed by atoms with Crippen molar-refractivity contribution in [3.8, 4) is 5.75 Å². The van der Waals surface area contributed by atoms with Crippen LogP contribution < -0.4 is 4.74 Å². The molecule has 0 aliphatic heterocycles. The van der Waals surface area contributed by atoms with E-state index in [0.717, 1.165) is 6.42 Å². The van der Waals surface area contributed by atoms with Crippen molar-refractivity contribution in [3.63, 3.8) is 0 Å². The SMILES string of the molecule is CCCCCCCCc1ccc(OC(CC(C)O)OC(C)O)cc1. The van der Waals surface area contributed by atoms with Crippen LogP contribution in [-0.2, 0) is 11.2 Å². The molecule has 0 bridgehead atoms. The van der Waals surface area contributed by atoms with Crippen LogP contribution in [0.25, 0.3) is 0 Å². The summed E-state index contributed by atoms with van der Waals surface area (Å²) in [4.78, 5) is 0. The summed E-state index contributed by atoms with van der Waals surface area (Å²) in [5.41, 5.74) is 1.31. The molecule has 138 valence electrons. The molecule has 0 aliphatic rings. The molecule has 1 aromatic rings. The van der Waals surface area contributed by atoms with Gasteiger partial charge in [0.15, 0.2) is 6.29 Å². The Morgan fingerprint density at radius 2 is 1.54 bits per heavy atom. The minimum atomic E-state index is -0.930. The maximum atomic E-state index is 9.49. The van der Waals surface area contributed by atoms with Crippen LogP contribution in [0.3, 0.4) is 0 Å². The first-order chi connectivity index (χ1) is 11.5. The van der Waals surface area contributed by atoms with Gasteiger partial charge in [0, 0.05) is 6.42 Å². The number of aliphatic hydroxyl groups is 2. The molecular formula is C20H34O4. The molecule has 0 saturated heterocycles. The Morgan fingerprint density at radius 3 is 2.12 bits per heavy atom. The van der Waals surface area contributed by atoms with Gasteiger partial charge in [0.05, 0.1) is 6.10 Å². The number of rotatable bonds is 13. The standard InChI is InChI=1S/C20H34O4/c1-4-5-6-7-8-9-10-18-11-13-19(14-12-18)24-20(15-16(2)21)23-17(3)22/h11-14,16-17,20-22H,4-10,15H2,1-3H3. The van der Waals surface area contributed by atoms with Crippen LogP contribution in [0.5, 0.6) is 5.75 Å². The summed E-state index contributed by atoms with van der Waals surface area (Å²) in [6.45, 7) is 5.44. The molecule has 1 aromatic carbocycles. The summed E-state index contributed by atoms with van der Waals surface area (Å²) in [5, 5.41) is 18.8. The van der Waals surface area contributed by atoms with Crippen LogP contribution in [0, 0.1) is 0 Å². The lowest BCUT2D eigenvalue weighted by Crippen LogP contribution is -2.28. The van der Waals surface area contributed by atoms with Gasteiger partial charge in [-0.1, -0.05) is 51.2 Å². The van der Waals surface area contributed by atoms with Crippen molar-refractivity contribution in [2.75, 3.05) is 0 Å². The number of ether oxygens (including phenoxy) is 2. The second-order valence-electron chi connectivity index (χ2n) is 6.53. The lowest BCUT2D eigenvalue weighted by Gasteiger charge is -2.22. The Morgan fingerprint density at radius 1 is 0.917 bits per heavy atom. The summed E-state index contributed by atoms with van der Waals surface area (Å²) in [5.74, 6) is 0.688. The number of aryl methyl sites for hydroxylation is 1. The van der Waals surface area contributed by atoms with Crippen molar-refractivity contribution in [1.82, 2.24) is 0 Å². The third-order valence-corrected chi connectivity index (χ3v) is 3.89. The Bertz CT molecular complexity index is 404. The van der Waals surface area contributed by atoms with Gasteiger partial charge in [-0.2, -0.15) is 0 Å². The van der Waals surface area contributed by atoms with E-state index in [1.165, 1.54) is 51.0 Å². The molecule has 0 aliphatic carbocycles. The molecule has 1 rings (SSSR count). The van der Waals surface area contributed by atoms with Gasteiger partial charge in [-0.25, -0.2) is 0 Å². The second-order valence-corrected chi connectivity index (χ2v) is 6.53. The van der Waals surface area contributed by atoms with Gasteiger partial charge < -0.3 is 19.7 Å². The van der Waals surface area contributed by atoms with E-state index >= 15 is 0 Å². The molecule has 24 heavy (non-hydrogen) atoms. The Kier molecular flexibility index (Phi) is 10.7. The topological polar surface area (TPSA) is 58.9 Å². The number of hydrogen-bond acceptors (Lipinski definition) is 4. The van der Waals surface area contributed by atoms with Crippen LogP contribution in [0.15, 0.2) is 24.3 Å². The fourth-order valence-corrected chi connectivity index (χ4v) is 2.63. The summed E-state index contributed by atoms with van der Waals surface area (Å²) in [6.07, 6.45) is 7.07. The monoisotopic (exact) mass is 338 g/mol. The molecule has 0 spiro atoms. The molecule has 0 radical (unpaired) electrons. The lowest BCUT2D eigenvalue weighted by atomic mass is 10.0. The zero-order valence-electron chi connectivity index (χ0n) is 15.4. The Labute approximate surface area is 146 Å². The number of hydrogen-bond donors (Lipinski definition) is 2. The maximum Gasteiger partial charge on any atom is 0.204 e. The van der Waals surface area contributed by atoms with E-state index in [-0.39, 0.29) is 0 Å². The van der Waals surface area contributed by atoms with Crippen molar-refractivity contribution in [1.29, 1.82) is 0 Å². The molecule has 0 amide bonds. The highest BCUT2D eigenvalue weighted by atomic mass is 16.7. The number of unbranched alkanes of at least 4 members (excludes halogenated alkanes) is 5. The minimum absolute atomic E-state index is 0.310. The maximum absolute atomic E-state index is 9.49. The van der Waals surface area contributed by atoms with Crippen molar-refractivity contribution >= 4 is 0 Å². The molecule has 3 unspecified atom stereocenters. The van der Waals surface area contributed by atoms with Crippen LogP contribution >= 0.6 is 0 Å². The summed E-state index contributed by atoms with van der Waals surface area (Å²) in [6, 6.07) is 7.99. The molecule has 3 atom stereocenters. The first-order valence-electron chi connectivity index (χ1n) is 9.28. The highest BCUT2D eigenvalue weighted by molar-refractivity contribution is 5.27. The molecular weight excluding hydrogens is 304 g/mol. The van der Waals surface area contributed by atoms with Gasteiger partial charge in [0.1, 0.15) is 5.75 Å². The molecule has 0 saturated carbocycles. The van der Waals surface area contributed by atoms with Gasteiger partial charge in [0.25, 0.3) is 0 Å². The fourth-order valence-electron chi connectivity index (χ4n) is 2.63. The van der Waals surface area contributed by atoms with Crippen molar-refractivity contribution < 1.29 is 19.7 Å². The number of aliphatic hydroxyl groups excluding tert-OH is 2. The van der Waals surface area contributed by atoms with E-state index in [4.69, 9.17) is 9.47 Å².